The van der Waals surface area contributed by atoms with Gasteiger partial charge in [-0.05, 0) is 17.5 Å². The molecule has 1 fully saturated rings. The number of hydrogen-bond donors (Lipinski definition) is 0. The quantitative estimate of drug-likeness (QED) is 0.801. The normalized spacial score (nSPS) is 24.7. The highest BCUT2D eigenvalue weighted by Gasteiger charge is 2.46. The van der Waals surface area contributed by atoms with E-state index in [0.717, 1.165) is 11.1 Å². The number of hydrogen-bond acceptors (Lipinski definition) is 4. The molecule has 0 spiro atoms. The summed E-state index contributed by atoms with van der Waals surface area (Å²) in [5.41, 5.74) is 2.78. The highest BCUT2D eigenvalue weighted by atomic mass is 16.1. The molecule has 0 N–H and O–H groups in total. The lowest BCUT2D eigenvalue weighted by Crippen LogP contribution is -2.36. The number of nitriles is 1. The average molecular weight is 301 g/mol. The Hall–Kier alpha value is -2.93. The number of carbonyl (C=O) groups excluding carboxylic acids is 1. The molecule has 1 saturated heterocycles. The van der Waals surface area contributed by atoms with Gasteiger partial charge in [-0.2, -0.15) is 10.4 Å². The van der Waals surface area contributed by atoms with Crippen LogP contribution in [0.3, 0.4) is 0 Å². The van der Waals surface area contributed by atoms with Gasteiger partial charge in [0.2, 0.25) is 0 Å². The predicted molar refractivity (Wildman–Crippen MR) is 86.9 cm³/mol. The van der Waals surface area contributed by atoms with Crippen LogP contribution in [-0.4, -0.2) is 23.0 Å². The monoisotopic (exact) mass is 301 g/mol. The summed E-state index contributed by atoms with van der Waals surface area (Å²) < 4.78 is 0. The minimum absolute atomic E-state index is 0.0323. The molecule has 0 unspecified atom stereocenters. The molecule has 2 aromatic carbocycles. The first-order valence-corrected chi connectivity index (χ1v) is 7.69. The van der Waals surface area contributed by atoms with E-state index in [1.807, 2.05) is 59.6 Å². The molecule has 0 amide bonds. The molecule has 2 aliphatic heterocycles. The number of rotatable bonds is 2. The van der Waals surface area contributed by atoms with Crippen molar-refractivity contribution in [3.8, 4) is 6.07 Å². The molecule has 4 heteroatoms. The standard InChI is InChI=1S/C19H15N3O/c20-11-15-10-17(19(23)13-6-2-1-3-7-13)22-18(15)16-9-5-4-8-14(16)12-21-22/h1-9,12,15,17-18H,10H2/t15-,17+,18-/m0/s1. The zero-order valence-corrected chi connectivity index (χ0v) is 12.5. The van der Waals surface area contributed by atoms with Crippen molar-refractivity contribution in [2.75, 3.05) is 0 Å². The maximum atomic E-state index is 12.9. The molecule has 0 aliphatic carbocycles. The Morgan fingerprint density at radius 2 is 1.87 bits per heavy atom. The van der Waals surface area contributed by atoms with E-state index in [1.165, 1.54) is 0 Å². The lowest BCUT2D eigenvalue weighted by Gasteiger charge is -2.31. The summed E-state index contributed by atoms with van der Waals surface area (Å²) in [7, 11) is 0. The number of hydrazone groups is 1. The second kappa shape index (κ2) is 5.36. The summed E-state index contributed by atoms with van der Waals surface area (Å²) in [6.45, 7) is 0. The van der Waals surface area contributed by atoms with E-state index in [4.69, 9.17) is 0 Å². The number of ketones is 1. The maximum Gasteiger partial charge on any atom is 0.186 e. The second-order valence-corrected chi connectivity index (χ2v) is 5.92. The van der Waals surface area contributed by atoms with Crippen LogP contribution in [0.4, 0.5) is 0 Å². The molecular formula is C19H15N3O. The van der Waals surface area contributed by atoms with Gasteiger partial charge in [-0.15, -0.1) is 0 Å². The van der Waals surface area contributed by atoms with Crippen LogP contribution < -0.4 is 0 Å². The van der Waals surface area contributed by atoms with E-state index >= 15 is 0 Å². The molecular weight excluding hydrogens is 286 g/mol. The number of benzene rings is 2. The van der Waals surface area contributed by atoms with Gasteiger partial charge in [-0.25, -0.2) is 0 Å². The smallest absolute Gasteiger partial charge is 0.186 e. The minimum Gasteiger partial charge on any atom is -0.292 e. The number of Topliss-reactive ketones (excluding diaryl/α,β-unsaturated/α-hetero) is 1. The largest absolute Gasteiger partial charge is 0.292 e. The molecule has 112 valence electrons. The van der Waals surface area contributed by atoms with Crippen LogP contribution in [0.25, 0.3) is 0 Å². The van der Waals surface area contributed by atoms with Crippen LogP contribution in [0.2, 0.25) is 0 Å². The molecule has 3 atom stereocenters. The van der Waals surface area contributed by atoms with Gasteiger partial charge in [0.1, 0.15) is 6.04 Å². The zero-order valence-electron chi connectivity index (χ0n) is 12.5. The van der Waals surface area contributed by atoms with Crippen LogP contribution in [0.15, 0.2) is 59.7 Å². The Labute approximate surface area is 134 Å². The first-order valence-electron chi connectivity index (χ1n) is 7.69. The first kappa shape index (κ1) is 13.7. The summed E-state index contributed by atoms with van der Waals surface area (Å²) in [5.74, 6) is -0.198. The molecule has 2 aromatic rings. The van der Waals surface area contributed by atoms with Crippen LogP contribution in [0.1, 0.15) is 33.9 Å². The third-order valence-electron chi connectivity index (χ3n) is 4.63. The van der Waals surface area contributed by atoms with E-state index in [1.54, 1.807) is 6.21 Å². The van der Waals surface area contributed by atoms with Crippen molar-refractivity contribution in [2.45, 2.75) is 18.5 Å². The molecule has 2 aliphatic rings. The van der Waals surface area contributed by atoms with Crippen LogP contribution >= 0.6 is 0 Å². The Balaban J connectivity index is 1.74. The molecule has 0 saturated carbocycles. The fourth-order valence-corrected chi connectivity index (χ4v) is 3.54. The van der Waals surface area contributed by atoms with E-state index in [2.05, 4.69) is 11.2 Å². The van der Waals surface area contributed by atoms with Crippen LogP contribution in [-0.2, 0) is 0 Å². The predicted octanol–water partition coefficient (Wildman–Crippen LogP) is 3.17. The summed E-state index contributed by atoms with van der Waals surface area (Å²) in [6.07, 6.45) is 2.30. The van der Waals surface area contributed by atoms with Crippen molar-refractivity contribution in [1.29, 1.82) is 5.26 Å². The molecule has 23 heavy (non-hydrogen) atoms. The van der Waals surface area contributed by atoms with Gasteiger partial charge < -0.3 is 0 Å². The average Bonchev–Trinajstić information content (AvgIpc) is 3.01. The van der Waals surface area contributed by atoms with Crippen LogP contribution in [0, 0.1) is 17.2 Å². The van der Waals surface area contributed by atoms with Crippen molar-refractivity contribution < 1.29 is 4.79 Å². The summed E-state index contributed by atoms with van der Waals surface area (Å²) in [4.78, 5) is 12.9. The molecule has 2 heterocycles. The van der Waals surface area contributed by atoms with Gasteiger partial charge in [0.25, 0.3) is 0 Å². The summed E-state index contributed by atoms with van der Waals surface area (Å²) >= 11 is 0. The molecule has 0 bridgehead atoms. The fourth-order valence-electron chi connectivity index (χ4n) is 3.54. The highest BCUT2D eigenvalue weighted by molar-refractivity contribution is 6.00. The van der Waals surface area contributed by atoms with Gasteiger partial charge in [0.05, 0.1) is 24.2 Å². The molecule has 4 rings (SSSR count). The highest BCUT2D eigenvalue weighted by Crippen LogP contribution is 2.44. The van der Waals surface area contributed by atoms with Gasteiger partial charge in [-0.3, -0.25) is 9.80 Å². The van der Waals surface area contributed by atoms with Gasteiger partial charge in [0, 0.05) is 5.56 Å². The first-order chi connectivity index (χ1) is 11.3. The van der Waals surface area contributed by atoms with E-state index in [0.29, 0.717) is 12.0 Å². The van der Waals surface area contributed by atoms with Gasteiger partial charge in [-0.1, -0.05) is 54.6 Å². The van der Waals surface area contributed by atoms with Gasteiger partial charge >= 0.3 is 0 Å². The Morgan fingerprint density at radius 1 is 1.13 bits per heavy atom. The van der Waals surface area contributed by atoms with Gasteiger partial charge in [0.15, 0.2) is 5.78 Å². The van der Waals surface area contributed by atoms with E-state index in [9.17, 15) is 10.1 Å². The number of fused-ring (bicyclic) bond motifs is 3. The lowest BCUT2D eigenvalue weighted by molar-refractivity contribution is 0.0834. The van der Waals surface area contributed by atoms with E-state index in [-0.39, 0.29) is 23.8 Å². The lowest BCUT2D eigenvalue weighted by atomic mass is 9.91. The Kier molecular flexibility index (Phi) is 3.20. The SMILES string of the molecule is N#C[C@@H]1C[C@H](C(=O)c2ccccc2)N2N=Cc3ccccc3[C@H]12. The van der Waals surface area contributed by atoms with Crippen molar-refractivity contribution in [3.05, 3.63) is 71.3 Å². The maximum absolute atomic E-state index is 12.9. The summed E-state index contributed by atoms with van der Waals surface area (Å²) in [6, 6.07) is 19.0. The molecule has 0 radical (unpaired) electrons. The topological polar surface area (TPSA) is 56.5 Å². The molecule has 4 nitrogen and oxygen atoms in total. The third kappa shape index (κ3) is 2.13. The number of carbonyl (C=O) groups is 1. The van der Waals surface area contributed by atoms with E-state index < -0.39 is 0 Å². The Bertz CT molecular complexity index is 822. The van der Waals surface area contributed by atoms with Crippen molar-refractivity contribution in [2.24, 2.45) is 11.0 Å². The molecule has 0 aromatic heterocycles. The van der Waals surface area contributed by atoms with Crippen molar-refractivity contribution in [1.82, 2.24) is 5.01 Å². The zero-order chi connectivity index (χ0) is 15.8. The third-order valence-corrected chi connectivity index (χ3v) is 4.63. The van der Waals surface area contributed by atoms with Crippen molar-refractivity contribution >= 4 is 12.0 Å². The summed E-state index contributed by atoms with van der Waals surface area (Å²) in [5, 5.41) is 15.9. The number of nitrogens with zero attached hydrogens (tertiary/aromatic N) is 3. The fraction of sp³-hybridized carbons (Fsp3) is 0.211. The minimum atomic E-state index is -0.378. The Morgan fingerprint density at radius 3 is 2.65 bits per heavy atom. The van der Waals surface area contributed by atoms with Crippen LogP contribution in [0.5, 0.6) is 0 Å². The second-order valence-electron chi connectivity index (χ2n) is 5.92. The van der Waals surface area contributed by atoms with Crippen molar-refractivity contribution in [3.63, 3.8) is 0 Å².